The molecule has 0 radical (unpaired) electrons. The zero-order chi connectivity index (χ0) is 13.7. The first-order chi connectivity index (χ1) is 9.16. The molecule has 106 valence electrons. The number of rotatable bonds is 5. The molecule has 1 atom stereocenters. The van der Waals surface area contributed by atoms with Crippen LogP contribution in [0.25, 0.3) is 0 Å². The van der Waals surface area contributed by atoms with Gasteiger partial charge in [-0.25, -0.2) is 0 Å². The van der Waals surface area contributed by atoms with Gasteiger partial charge in [-0.05, 0) is 31.9 Å². The van der Waals surface area contributed by atoms with Gasteiger partial charge >= 0.3 is 0 Å². The number of hydrogen-bond acceptors (Lipinski definition) is 3. The topological polar surface area (TPSA) is 24.5 Å². The zero-order valence-electron chi connectivity index (χ0n) is 12.4. The summed E-state index contributed by atoms with van der Waals surface area (Å²) >= 11 is 0. The SMILES string of the molecule is Cc1ccc(C(C)NCCN2CCOCC2)c(C)c1. The Kier molecular flexibility index (Phi) is 5.37. The molecular formula is C16H26N2O. The molecule has 19 heavy (non-hydrogen) atoms. The van der Waals surface area contributed by atoms with Crippen molar-refractivity contribution < 1.29 is 4.74 Å². The van der Waals surface area contributed by atoms with E-state index >= 15 is 0 Å². The molecule has 1 aromatic carbocycles. The maximum Gasteiger partial charge on any atom is 0.0594 e. The first-order valence-corrected chi connectivity index (χ1v) is 7.27. The number of aryl methyl sites for hydroxylation is 2. The highest BCUT2D eigenvalue weighted by Crippen LogP contribution is 2.18. The molecule has 1 aliphatic rings. The highest BCUT2D eigenvalue weighted by Gasteiger charge is 2.11. The summed E-state index contributed by atoms with van der Waals surface area (Å²) in [5, 5.41) is 3.62. The van der Waals surface area contributed by atoms with Crippen molar-refractivity contribution in [3.05, 3.63) is 34.9 Å². The summed E-state index contributed by atoms with van der Waals surface area (Å²) in [6, 6.07) is 7.12. The predicted molar refractivity (Wildman–Crippen MR) is 79.6 cm³/mol. The Morgan fingerprint density at radius 1 is 1.26 bits per heavy atom. The molecule has 2 rings (SSSR count). The van der Waals surface area contributed by atoms with Crippen LogP contribution < -0.4 is 5.32 Å². The molecule has 0 saturated carbocycles. The quantitative estimate of drug-likeness (QED) is 0.881. The summed E-state index contributed by atoms with van der Waals surface area (Å²) in [6.45, 7) is 12.6. The van der Waals surface area contributed by atoms with Crippen molar-refractivity contribution in [3.63, 3.8) is 0 Å². The number of morpholine rings is 1. The van der Waals surface area contributed by atoms with Gasteiger partial charge in [0, 0.05) is 32.2 Å². The summed E-state index contributed by atoms with van der Waals surface area (Å²) in [7, 11) is 0. The normalized spacial score (nSPS) is 18.5. The van der Waals surface area contributed by atoms with Crippen LogP contribution >= 0.6 is 0 Å². The van der Waals surface area contributed by atoms with E-state index < -0.39 is 0 Å². The summed E-state index contributed by atoms with van der Waals surface area (Å²) in [5.74, 6) is 0. The number of ether oxygens (including phenoxy) is 1. The second kappa shape index (κ2) is 7.04. The lowest BCUT2D eigenvalue weighted by atomic mass is 10.0. The van der Waals surface area contributed by atoms with Gasteiger partial charge in [0.2, 0.25) is 0 Å². The molecule has 0 amide bonds. The molecule has 1 aliphatic heterocycles. The predicted octanol–water partition coefficient (Wildman–Crippen LogP) is 2.29. The van der Waals surface area contributed by atoms with E-state index in [0.717, 1.165) is 39.4 Å². The van der Waals surface area contributed by atoms with Crippen LogP contribution in [-0.4, -0.2) is 44.3 Å². The van der Waals surface area contributed by atoms with Crippen LogP contribution in [0.1, 0.15) is 29.7 Å². The van der Waals surface area contributed by atoms with Gasteiger partial charge in [0.05, 0.1) is 13.2 Å². The van der Waals surface area contributed by atoms with Gasteiger partial charge in [-0.3, -0.25) is 4.90 Å². The van der Waals surface area contributed by atoms with Crippen molar-refractivity contribution in [2.45, 2.75) is 26.8 Å². The highest BCUT2D eigenvalue weighted by atomic mass is 16.5. The Balaban J connectivity index is 1.78. The van der Waals surface area contributed by atoms with Gasteiger partial charge in [-0.2, -0.15) is 0 Å². The molecule has 1 heterocycles. The number of benzene rings is 1. The fraction of sp³-hybridized carbons (Fsp3) is 0.625. The average molecular weight is 262 g/mol. The highest BCUT2D eigenvalue weighted by molar-refractivity contribution is 5.32. The molecule has 3 heteroatoms. The summed E-state index contributed by atoms with van der Waals surface area (Å²) in [5.41, 5.74) is 4.13. The smallest absolute Gasteiger partial charge is 0.0594 e. The van der Waals surface area contributed by atoms with Gasteiger partial charge < -0.3 is 10.1 Å². The molecular weight excluding hydrogens is 236 g/mol. The van der Waals surface area contributed by atoms with Crippen LogP contribution in [0.3, 0.4) is 0 Å². The molecule has 1 fully saturated rings. The summed E-state index contributed by atoms with van der Waals surface area (Å²) in [4.78, 5) is 2.46. The third-order valence-electron chi connectivity index (χ3n) is 3.87. The van der Waals surface area contributed by atoms with Crippen molar-refractivity contribution in [2.24, 2.45) is 0 Å². The van der Waals surface area contributed by atoms with Crippen molar-refractivity contribution in [1.29, 1.82) is 0 Å². The van der Waals surface area contributed by atoms with E-state index in [2.05, 4.69) is 49.2 Å². The Hall–Kier alpha value is -0.900. The van der Waals surface area contributed by atoms with Gasteiger partial charge in [0.1, 0.15) is 0 Å². The number of nitrogens with zero attached hydrogens (tertiary/aromatic N) is 1. The van der Waals surface area contributed by atoms with Crippen LogP contribution in [0.5, 0.6) is 0 Å². The lowest BCUT2D eigenvalue weighted by Crippen LogP contribution is -2.40. The first-order valence-electron chi connectivity index (χ1n) is 7.27. The summed E-state index contributed by atoms with van der Waals surface area (Å²) in [6.07, 6.45) is 0. The number of hydrogen-bond donors (Lipinski definition) is 1. The maximum absolute atomic E-state index is 5.36. The van der Waals surface area contributed by atoms with Crippen molar-refractivity contribution in [2.75, 3.05) is 39.4 Å². The van der Waals surface area contributed by atoms with Crippen LogP contribution in [-0.2, 0) is 4.74 Å². The third kappa shape index (κ3) is 4.30. The standard InChI is InChI=1S/C16H26N2O/c1-13-4-5-16(14(2)12-13)15(3)17-6-7-18-8-10-19-11-9-18/h4-5,12,15,17H,6-11H2,1-3H3. The maximum atomic E-state index is 5.36. The third-order valence-corrected chi connectivity index (χ3v) is 3.87. The van der Waals surface area contributed by atoms with E-state index in [-0.39, 0.29) is 0 Å². The second-order valence-electron chi connectivity index (χ2n) is 5.49. The first kappa shape index (κ1) is 14.5. The van der Waals surface area contributed by atoms with Gasteiger partial charge in [-0.1, -0.05) is 23.8 Å². The van der Waals surface area contributed by atoms with Gasteiger partial charge in [-0.15, -0.1) is 0 Å². The molecule has 3 nitrogen and oxygen atoms in total. The monoisotopic (exact) mass is 262 g/mol. The fourth-order valence-corrected chi connectivity index (χ4v) is 2.69. The van der Waals surface area contributed by atoms with Crippen LogP contribution in [0, 0.1) is 13.8 Å². The largest absolute Gasteiger partial charge is 0.379 e. The Labute approximate surface area is 116 Å². The minimum absolute atomic E-state index is 0.418. The Morgan fingerprint density at radius 3 is 2.68 bits per heavy atom. The average Bonchev–Trinajstić information content (AvgIpc) is 2.39. The van der Waals surface area contributed by atoms with Crippen molar-refractivity contribution >= 4 is 0 Å². The lowest BCUT2D eigenvalue weighted by Gasteiger charge is -2.27. The van der Waals surface area contributed by atoms with Crippen molar-refractivity contribution in [3.8, 4) is 0 Å². The molecule has 1 N–H and O–H groups in total. The van der Waals surface area contributed by atoms with Crippen LogP contribution in [0.4, 0.5) is 0 Å². The van der Waals surface area contributed by atoms with E-state index in [9.17, 15) is 0 Å². The van der Waals surface area contributed by atoms with Gasteiger partial charge in [0.25, 0.3) is 0 Å². The van der Waals surface area contributed by atoms with Crippen molar-refractivity contribution in [1.82, 2.24) is 10.2 Å². The number of nitrogens with one attached hydrogen (secondary N) is 1. The van der Waals surface area contributed by atoms with Crippen LogP contribution in [0.2, 0.25) is 0 Å². The Morgan fingerprint density at radius 2 is 2.00 bits per heavy atom. The van der Waals surface area contributed by atoms with E-state index in [4.69, 9.17) is 4.74 Å². The molecule has 1 saturated heterocycles. The van der Waals surface area contributed by atoms with E-state index in [1.54, 1.807) is 0 Å². The Bertz CT molecular complexity index is 400. The second-order valence-corrected chi connectivity index (χ2v) is 5.49. The molecule has 1 unspecified atom stereocenters. The lowest BCUT2D eigenvalue weighted by molar-refractivity contribution is 0.0382. The van der Waals surface area contributed by atoms with Gasteiger partial charge in [0.15, 0.2) is 0 Å². The molecule has 0 aliphatic carbocycles. The molecule has 0 bridgehead atoms. The van der Waals surface area contributed by atoms with E-state index in [1.807, 2.05) is 0 Å². The van der Waals surface area contributed by atoms with Crippen LogP contribution in [0.15, 0.2) is 18.2 Å². The molecule has 1 aromatic rings. The minimum atomic E-state index is 0.418. The molecule has 0 aromatic heterocycles. The zero-order valence-corrected chi connectivity index (χ0v) is 12.4. The van der Waals surface area contributed by atoms with E-state index in [0.29, 0.717) is 6.04 Å². The molecule has 0 spiro atoms. The fourth-order valence-electron chi connectivity index (χ4n) is 2.69. The summed E-state index contributed by atoms with van der Waals surface area (Å²) < 4.78 is 5.36. The minimum Gasteiger partial charge on any atom is -0.379 e. The van der Waals surface area contributed by atoms with E-state index in [1.165, 1.54) is 16.7 Å².